The monoisotopic (exact) mass is 400 g/mol. The number of ether oxygens (including phenoxy) is 2. The molecule has 0 aromatic heterocycles. The minimum atomic E-state index is -0.320. The molecular weight excluding hydrogens is 375 g/mol. The summed E-state index contributed by atoms with van der Waals surface area (Å²) in [6.45, 7) is 2.07. The van der Waals surface area contributed by atoms with Gasteiger partial charge in [0, 0.05) is 37.8 Å². The van der Waals surface area contributed by atoms with Crippen molar-refractivity contribution in [1.29, 1.82) is 0 Å². The van der Waals surface area contributed by atoms with E-state index in [0.717, 1.165) is 5.56 Å². The van der Waals surface area contributed by atoms with E-state index in [1.54, 1.807) is 54.4 Å². The standard InChI is InChI=1S/C22H25FN2O4/c1-28-19-13-17(14-20(15-19)29-2)22(27)25-9-3-8-24(10-11-25)21(26)12-16-4-6-18(23)7-5-16/h4-7,13-15H,3,8-12H2,1-2H3. The van der Waals surface area contributed by atoms with Crippen LogP contribution in [0.15, 0.2) is 42.5 Å². The van der Waals surface area contributed by atoms with Gasteiger partial charge in [-0.3, -0.25) is 9.59 Å². The molecule has 1 fully saturated rings. The third kappa shape index (κ3) is 5.25. The molecule has 154 valence electrons. The molecule has 0 atom stereocenters. The maximum Gasteiger partial charge on any atom is 0.254 e. The second-order valence-electron chi connectivity index (χ2n) is 6.93. The summed E-state index contributed by atoms with van der Waals surface area (Å²) in [5, 5.41) is 0. The van der Waals surface area contributed by atoms with Crippen LogP contribution in [0, 0.1) is 5.82 Å². The molecule has 0 saturated carbocycles. The Kier molecular flexibility index (Phi) is 6.69. The molecular formula is C22H25FN2O4. The summed E-state index contributed by atoms with van der Waals surface area (Å²) in [5.74, 6) is 0.653. The first-order valence-corrected chi connectivity index (χ1v) is 9.54. The van der Waals surface area contributed by atoms with Crippen molar-refractivity contribution in [3.8, 4) is 11.5 Å². The summed E-state index contributed by atoms with van der Waals surface area (Å²) < 4.78 is 23.5. The molecule has 0 aliphatic carbocycles. The fourth-order valence-electron chi connectivity index (χ4n) is 3.37. The zero-order valence-corrected chi connectivity index (χ0v) is 16.7. The summed E-state index contributed by atoms with van der Waals surface area (Å²) in [6.07, 6.45) is 0.920. The van der Waals surface area contributed by atoms with Gasteiger partial charge in [-0.25, -0.2) is 4.39 Å². The Morgan fingerprint density at radius 3 is 2.10 bits per heavy atom. The average molecular weight is 400 g/mol. The lowest BCUT2D eigenvalue weighted by atomic mass is 10.1. The summed E-state index contributed by atoms with van der Waals surface area (Å²) >= 11 is 0. The maximum absolute atomic E-state index is 13.0. The molecule has 1 heterocycles. The molecule has 2 aromatic rings. The highest BCUT2D eigenvalue weighted by molar-refractivity contribution is 5.95. The Labute approximate surface area is 169 Å². The van der Waals surface area contributed by atoms with E-state index in [-0.39, 0.29) is 24.1 Å². The van der Waals surface area contributed by atoms with Crippen LogP contribution in [-0.2, 0) is 11.2 Å². The lowest BCUT2D eigenvalue weighted by molar-refractivity contribution is -0.130. The molecule has 3 rings (SSSR count). The minimum Gasteiger partial charge on any atom is -0.497 e. The van der Waals surface area contributed by atoms with Crippen LogP contribution in [0.25, 0.3) is 0 Å². The molecule has 1 aliphatic rings. The highest BCUT2D eigenvalue weighted by Crippen LogP contribution is 2.24. The molecule has 6 nitrogen and oxygen atoms in total. The predicted octanol–water partition coefficient (Wildman–Crippen LogP) is 2.76. The highest BCUT2D eigenvalue weighted by atomic mass is 19.1. The topological polar surface area (TPSA) is 59.1 Å². The number of carbonyl (C=O) groups is 2. The summed E-state index contributed by atoms with van der Waals surface area (Å²) in [4.78, 5) is 29.1. The van der Waals surface area contributed by atoms with E-state index >= 15 is 0 Å². The predicted molar refractivity (Wildman–Crippen MR) is 107 cm³/mol. The molecule has 0 spiro atoms. The molecule has 1 aliphatic heterocycles. The fourth-order valence-corrected chi connectivity index (χ4v) is 3.37. The second-order valence-corrected chi connectivity index (χ2v) is 6.93. The molecule has 0 radical (unpaired) electrons. The van der Waals surface area contributed by atoms with Crippen molar-refractivity contribution in [3.63, 3.8) is 0 Å². The third-order valence-corrected chi connectivity index (χ3v) is 5.00. The Morgan fingerprint density at radius 2 is 1.48 bits per heavy atom. The maximum atomic E-state index is 13.0. The number of nitrogens with zero attached hydrogens (tertiary/aromatic N) is 2. The minimum absolute atomic E-state index is 0.0195. The van der Waals surface area contributed by atoms with Gasteiger partial charge in [-0.1, -0.05) is 12.1 Å². The lowest BCUT2D eigenvalue weighted by Crippen LogP contribution is -2.38. The number of methoxy groups -OCH3 is 2. The molecule has 0 N–H and O–H groups in total. The number of benzene rings is 2. The van der Waals surface area contributed by atoms with E-state index in [9.17, 15) is 14.0 Å². The van der Waals surface area contributed by atoms with Crippen LogP contribution in [0.2, 0.25) is 0 Å². The SMILES string of the molecule is COc1cc(OC)cc(C(=O)N2CCCN(C(=O)Cc3ccc(F)cc3)CC2)c1. The average Bonchev–Trinajstić information content (AvgIpc) is 3.00. The molecule has 7 heteroatoms. The van der Waals surface area contributed by atoms with Crippen molar-refractivity contribution in [2.45, 2.75) is 12.8 Å². The van der Waals surface area contributed by atoms with Gasteiger partial charge in [-0.2, -0.15) is 0 Å². The van der Waals surface area contributed by atoms with Crippen LogP contribution in [0.3, 0.4) is 0 Å². The zero-order valence-electron chi connectivity index (χ0n) is 16.7. The number of amides is 2. The molecule has 2 amide bonds. The number of hydrogen-bond donors (Lipinski definition) is 0. The summed E-state index contributed by atoms with van der Waals surface area (Å²) in [5.41, 5.74) is 1.27. The summed E-state index contributed by atoms with van der Waals surface area (Å²) in [7, 11) is 3.08. The first-order chi connectivity index (χ1) is 14.0. The Morgan fingerprint density at radius 1 is 0.897 bits per heavy atom. The first-order valence-electron chi connectivity index (χ1n) is 9.54. The van der Waals surface area contributed by atoms with E-state index in [2.05, 4.69) is 0 Å². The van der Waals surface area contributed by atoms with Crippen molar-refractivity contribution in [1.82, 2.24) is 9.80 Å². The van der Waals surface area contributed by atoms with E-state index in [4.69, 9.17) is 9.47 Å². The van der Waals surface area contributed by atoms with Crippen molar-refractivity contribution >= 4 is 11.8 Å². The number of hydrogen-bond acceptors (Lipinski definition) is 4. The van der Waals surface area contributed by atoms with Crippen molar-refractivity contribution in [2.24, 2.45) is 0 Å². The van der Waals surface area contributed by atoms with Gasteiger partial charge < -0.3 is 19.3 Å². The normalized spacial score (nSPS) is 14.3. The van der Waals surface area contributed by atoms with Gasteiger partial charge in [0.15, 0.2) is 0 Å². The van der Waals surface area contributed by atoms with Gasteiger partial charge in [0.25, 0.3) is 5.91 Å². The van der Waals surface area contributed by atoms with Crippen LogP contribution in [0.1, 0.15) is 22.3 Å². The molecule has 0 bridgehead atoms. The van der Waals surface area contributed by atoms with Crippen LogP contribution in [-0.4, -0.2) is 62.0 Å². The quantitative estimate of drug-likeness (QED) is 0.775. The van der Waals surface area contributed by atoms with Gasteiger partial charge in [-0.15, -0.1) is 0 Å². The van der Waals surface area contributed by atoms with Crippen LogP contribution < -0.4 is 9.47 Å². The number of carbonyl (C=O) groups excluding carboxylic acids is 2. The number of halogens is 1. The van der Waals surface area contributed by atoms with Crippen molar-refractivity contribution < 1.29 is 23.5 Å². The second kappa shape index (κ2) is 9.41. The van der Waals surface area contributed by atoms with Crippen molar-refractivity contribution in [3.05, 3.63) is 59.4 Å². The smallest absolute Gasteiger partial charge is 0.254 e. The Hall–Kier alpha value is -3.09. The molecule has 0 unspecified atom stereocenters. The zero-order chi connectivity index (χ0) is 20.8. The van der Waals surface area contributed by atoms with Crippen LogP contribution in [0.4, 0.5) is 4.39 Å². The Bertz CT molecular complexity index is 847. The van der Waals surface area contributed by atoms with Gasteiger partial charge in [0.05, 0.1) is 20.6 Å². The molecule has 2 aromatic carbocycles. The summed E-state index contributed by atoms with van der Waals surface area (Å²) in [6, 6.07) is 11.0. The van der Waals surface area contributed by atoms with Crippen LogP contribution >= 0.6 is 0 Å². The highest BCUT2D eigenvalue weighted by Gasteiger charge is 2.23. The number of rotatable bonds is 5. The van der Waals surface area contributed by atoms with E-state index in [1.807, 2.05) is 0 Å². The first kappa shape index (κ1) is 20.6. The Balaban J connectivity index is 1.64. The fraction of sp³-hybridized carbons (Fsp3) is 0.364. The molecule has 1 saturated heterocycles. The third-order valence-electron chi connectivity index (χ3n) is 5.00. The van der Waals surface area contributed by atoms with E-state index in [1.165, 1.54) is 12.1 Å². The lowest BCUT2D eigenvalue weighted by Gasteiger charge is -2.22. The van der Waals surface area contributed by atoms with Crippen LogP contribution in [0.5, 0.6) is 11.5 Å². The van der Waals surface area contributed by atoms with Gasteiger partial charge >= 0.3 is 0 Å². The van der Waals surface area contributed by atoms with E-state index < -0.39 is 0 Å². The van der Waals surface area contributed by atoms with Gasteiger partial charge in [0.1, 0.15) is 17.3 Å². The van der Waals surface area contributed by atoms with Crippen molar-refractivity contribution in [2.75, 3.05) is 40.4 Å². The largest absolute Gasteiger partial charge is 0.497 e. The van der Waals surface area contributed by atoms with Gasteiger partial charge in [0.2, 0.25) is 5.91 Å². The van der Waals surface area contributed by atoms with E-state index in [0.29, 0.717) is 49.7 Å². The molecule has 29 heavy (non-hydrogen) atoms. The van der Waals surface area contributed by atoms with Gasteiger partial charge in [-0.05, 0) is 36.2 Å².